The van der Waals surface area contributed by atoms with E-state index < -0.39 is 18.6 Å². The third-order valence-electron chi connectivity index (χ3n) is 2.81. The number of anilines is 1. The van der Waals surface area contributed by atoms with Gasteiger partial charge in [-0.1, -0.05) is 0 Å². The van der Waals surface area contributed by atoms with E-state index >= 15 is 0 Å². The van der Waals surface area contributed by atoms with Crippen LogP contribution in [-0.4, -0.2) is 60.5 Å². The molecule has 0 bridgehead atoms. The highest BCUT2D eigenvalue weighted by Gasteiger charge is 2.22. The number of carbonyl (C=O) groups excluding carboxylic acids is 1. The van der Waals surface area contributed by atoms with Gasteiger partial charge in [0.25, 0.3) is 12.4 Å². The Morgan fingerprint density at radius 2 is 2.06 bits per heavy atom. The molecule has 18 heavy (non-hydrogen) atoms. The van der Waals surface area contributed by atoms with Gasteiger partial charge in [0.1, 0.15) is 0 Å². The van der Waals surface area contributed by atoms with Crippen LogP contribution in [0.25, 0.3) is 0 Å². The van der Waals surface area contributed by atoms with Crippen LogP contribution in [0.1, 0.15) is 5.89 Å². The van der Waals surface area contributed by atoms with Crippen molar-refractivity contribution in [2.45, 2.75) is 12.8 Å². The van der Waals surface area contributed by atoms with Crippen LogP contribution in [-0.2, 0) is 11.2 Å². The van der Waals surface area contributed by atoms with Crippen molar-refractivity contribution in [3.05, 3.63) is 5.89 Å². The second-order valence-electron chi connectivity index (χ2n) is 4.22. The molecule has 0 saturated carbocycles. The summed E-state index contributed by atoms with van der Waals surface area (Å²) in [4.78, 5) is 18.9. The van der Waals surface area contributed by atoms with Crippen molar-refractivity contribution in [2.24, 2.45) is 0 Å². The molecule has 0 amide bonds. The Balaban J connectivity index is 1.95. The number of nitrogens with zero attached hydrogens (tertiary/aromatic N) is 4. The molecule has 2 rings (SSSR count). The largest absolute Gasteiger partial charge is 0.337 e. The number of Topliss-reactive ketones (excluding diaryl/α,β-unsaturated/α-hetero) is 1. The summed E-state index contributed by atoms with van der Waals surface area (Å²) in [6.07, 6.45) is -3.51. The molecule has 0 aliphatic carbocycles. The van der Waals surface area contributed by atoms with Crippen molar-refractivity contribution in [2.75, 3.05) is 38.1 Å². The first kappa shape index (κ1) is 12.9. The van der Waals surface area contributed by atoms with Crippen molar-refractivity contribution >= 4 is 11.7 Å². The van der Waals surface area contributed by atoms with Gasteiger partial charge in [0, 0.05) is 26.2 Å². The molecule has 100 valence electrons. The summed E-state index contributed by atoms with van der Waals surface area (Å²) in [5.41, 5.74) is 0. The lowest BCUT2D eigenvalue weighted by atomic mass is 10.3. The number of likely N-dealkylation sites (N-methyl/N-ethyl adjacent to an activating group) is 1. The standard InChI is InChI=1S/C10H14F2N4O2/c1-15-2-4-16(5-3-15)10-13-8(18-14-10)6-7(17)9(11)12/h9H,2-6H2,1H3. The maximum Gasteiger partial charge on any atom is 0.296 e. The Kier molecular flexibility index (Phi) is 3.85. The average molecular weight is 260 g/mol. The minimum atomic E-state index is -3.00. The Labute approximate surface area is 103 Å². The molecule has 1 fully saturated rings. The second-order valence-corrected chi connectivity index (χ2v) is 4.22. The Morgan fingerprint density at radius 3 is 2.67 bits per heavy atom. The van der Waals surface area contributed by atoms with Crippen LogP contribution in [0.5, 0.6) is 0 Å². The van der Waals surface area contributed by atoms with E-state index in [1.165, 1.54) is 0 Å². The Hall–Kier alpha value is -1.57. The third-order valence-corrected chi connectivity index (χ3v) is 2.81. The highest BCUT2D eigenvalue weighted by molar-refractivity contribution is 5.82. The van der Waals surface area contributed by atoms with Crippen LogP contribution in [0, 0.1) is 0 Å². The van der Waals surface area contributed by atoms with E-state index in [4.69, 9.17) is 4.52 Å². The molecule has 0 spiro atoms. The van der Waals surface area contributed by atoms with Gasteiger partial charge in [0.15, 0.2) is 0 Å². The number of hydrogen-bond donors (Lipinski definition) is 0. The van der Waals surface area contributed by atoms with E-state index in [2.05, 4.69) is 15.0 Å². The van der Waals surface area contributed by atoms with Gasteiger partial charge < -0.3 is 14.3 Å². The molecular weight excluding hydrogens is 246 g/mol. The SMILES string of the molecule is CN1CCN(c2noc(CC(=O)C(F)F)n2)CC1. The number of hydrogen-bond acceptors (Lipinski definition) is 6. The molecule has 1 aromatic heterocycles. The molecule has 8 heteroatoms. The Bertz CT molecular complexity index is 416. The van der Waals surface area contributed by atoms with Crippen molar-refractivity contribution in [3.8, 4) is 0 Å². The van der Waals surface area contributed by atoms with Crippen molar-refractivity contribution < 1.29 is 18.1 Å². The first-order valence-corrected chi connectivity index (χ1v) is 5.63. The lowest BCUT2D eigenvalue weighted by Crippen LogP contribution is -2.44. The summed E-state index contributed by atoms with van der Waals surface area (Å²) >= 11 is 0. The first-order chi connectivity index (χ1) is 8.56. The van der Waals surface area contributed by atoms with E-state index in [1.807, 2.05) is 11.9 Å². The zero-order chi connectivity index (χ0) is 13.1. The van der Waals surface area contributed by atoms with Crippen molar-refractivity contribution in [1.82, 2.24) is 15.0 Å². The molecule has 0 unspecified atom stereocenters. The average Bonchev–Trinajstić information content (AvgIpc) is 2.78. The minimum absolute atomic E-state index is 0.0609. The summed E-state index contributed by atoms with van der Waals surface area (Å²) in [5, 5.41) is 3.70. The fourth-order valence-electron chi connectivity index (χ4n) is 1.68. The van der Waals surface area contributed by atoms with Crippen molar-refractivity contribution in [3.63, 3.8) is 0 Å². The van der Waals surface area contributed by atoms with E-state index in [0.717, 1.165) is 26.2 Å². The molecule has 6 nitrogen and oxygen atoms in total. The topological polar surface area (TPSA) is 62.5 Å². The van der Waals surface area contributed by atoms with E-state index in [-0.39, 0.29) is 5.89 Å². The molecule has 0 aromatic carbocycles. The first-order valence-electron chi connectivity index (χ1n) is 5.63. The van der Waals surface area contributed by atoms with Gasteiger partial charge >= 0.3 is 0 Å². The minimum Gasteiger partial charge on any atom is -0.337 e. The van der Waals surface area contributed by atoms with Crippen LogP contribution in [0.4, 0.5) is 14.7 Å². The van der Waals surface area contributed by atoms with E-state index in [0.29, 0.717) is 5.95 Å². The van der Waals surface area contributed by atoms with Gasteiger partial charge in [0.2, 0.25) is 11.7 Å². The molecule has 0 N–H and O–H groups in total. The number of piperazine rings is 1. The van der Waals surface area contributed by atoms with Gasteiger partial charge in [-0.2, -0.15) is 4.98 Å². The van der Waals surface area contributed by atoms with Crippen molar-refractivity contribution in [1.29, 1.82) is 0 Å². The zero-order valence-corrected chi connectivity index (χ0v) is 9.97. The van der Waals surface area contributed by atoms with Crippen LogP contribution in [0.3, 0.4) is 0 Å². The van der Waals surface area contributed by atoms with Gasteiger partial charge in [-0.25, -0.2) is 8.78 Å². The number of aromatic nitrogens is 2. The number of halogens is 2. The summed E-state index contributed by atoms with van der Waals surface area (Å²) in [6, 6.07) is 0. The smallest absolute Gasteiger partial charge is 0.296 e. The molecular formula is C10H14F2N4O2. The predicted molar refractivity (Wildman–Crippen MR) is 58.7 cm³/mol. The van der Waals surface area contributed by atoms with Crippen LogP contribution >= 0.6 is 0 Å². The number of rotatable bonds is 4. The van der Waals surface area contributed by atoms with Gasteiger partial charge in [-0.05, 0) is 12.2 Å². The Morgan fingerprint density at radius 1 is 1.39 bits per heavy atom. The fourth-order valence-corrected chi connectivity index (χ4v) is 1.68. The van der Waals surface area contributed by atoms with Crippen LogP contribution in [0.15, 0.2) is 4.52 Å². The van der Waals surface area contributed by atoms with Gasteiger partial charge in [-0.3, -0.25) is 4.79 Å². The van der Waals surface area contributed by atoms with E-state index in [9.17, 15) is 13.6 Å². The molecule has 1 aliphatic heterocycles. The van der Waals surface area contributed by atoms with Crippen LogP contribution in [0.2, 0.25) is 0 Å². The molecule has 0 atom stereocenters. The van der Waals surface area contributed by atoms with Gasteiger partial charge in [0.05, 0.1) is 6.42 Å². The fraction of sp³-hybridized carbons (Fsp3) is 0.700. The predicted octanol–water partition coefficient (Wildman–Crippen LogP) is 0.198. The third kappa shape index (κ3) is 3.00. The normalized spacial score (nSPS) is 17.4. The highest BCUT2D eigenvalue weighted by atomic mass is 19.3. The number of ketones is 1. The maximum atomic E-state index is 12.1. The number of carbonyl (C=O) groups is 1. The zero-order valence-electron chi connectivity index (χ0n) is 9.97. The summed E-state index contributed by atoms with van der Waals surface area (Å²) in [5.74, 6) is -0.905. The molecule has 1 aliphatic rings. The van der Waals surface area contributed by atoms with Gasteiger partial charge in [-0.15, -0.1) is 0 Å². The second kappa shape index (κ2) is 5.38. The molecule has 1 aromatic rings. The highest BCUT2D eigenvalue weighted by Crippen LogP contribution is 2.13. The quantitative estimate of drug-likeness (QED) is 0.770. The molecule has 2 heterocycles. The maximum absolute atomic E-state index is 12.1. The summed E-state index contributed by atoms with van der Waals surface area (Å²) in [7, 11) is 2.01. The monoisotopic (exact) mass is 260 g/mol. The lowest BCUT2D eigenvalue weighted by molar-refractivity contribution is -0.129. The lowest BCUT2D eigenvalue weighted by Gasteiger charge is -2.31. The number of alkyl halides is 2. The van der Waals surface area contributed by atoms with E-state index in [1.54, 1.807) is 0 Å². The summed E-state index contributed by atoms with van der Waals surface area (Å²) in [6.45, 7) is 3.25. The summed E-state index contributed by atoms with van der Waals surface area (Å²) < 4.78 is 28.9. The molecule has 0 radical (unpaired) electrons. The molecule has 1 saturated heterocycles. The van der Waals surface area contributed by atoms with Crippen LogP contribution < -0.4 is 4.90 Å².